The van der Waals surface area contributed by atoms with Crippen molar-refractivity contribution in [2.75, 3.05) is 11.9 Å². The van der Waals surface area contributed by atoms with Crippen molar-refractivity contribution in [3.63, 3.8) is 0 Å². The minimum absolute atomic E-state index is 0.0471. The number of anilines is 1. The van der Waals surface area contributed by atoms with Gasteiger partial charge in [0, 0.05) is 23.8 Å². The van der Waals surface area contributed by atoms with Gasteiger partial charge in [-0.15, -0.1) is 0 Å². The van der Waals surface area contributed by atoms with Gasteiger partial charge in [0.25, 0.3) is 5.91 Å². The van der Waals surface area contributed by atoms with Crippen molar-refractivity contribution in [1.82, 2.24) is 9.78 Å². The second-order valence-corrected chi connectivity index (χ2v) is 5.64. The number of aromatic nitrogens is 2. The second-order valence-electron chi connectivity index (χ2n) is 4.78. The smallest absolute Gasteiger partial charge is 0.276 e. The number of halogens is 1. The van der Waals surface area contributed by atoms with Gasteiger partial charge in [-0.05, 0) is 50.6 Å². The Labute approximate surface area is 127 Å². The van der Waals surface area contributed by atoms with Gasteiger partial charge >= 0.3 is 0 Å². The molecule has 0 aliphatic rings. The van der Waals surface area contributed by atoms with Crippen LogP contribution in [0, 0.1) is 13.8 Å². The Morgan fingerprint density at radius 2 is 2.05 bits per heavy atom. The van der Waals surface area contributed by atoms with E-state index in [1.54, 1.807) is 16.6 Å². The fourth-order valence-corrected chi connectivity index (χ4v) is 2.33. The number of benzene rings is 1. The third kappa shape index (κ3) is 2.77. The van der Waals surface area contributed by atoms with Gasteiger partial charge in [0.15, 0.2) is 0 Å². The highest BCUT2D eigenvalue weighted by Gasteiger charge is 2.18. The molecule has 2 aromatic rings. The molecule has 0 N–H and O–H groups in total. The van der Waals surface area contributed by atoms with Crippen molar-refractivity contribution in [2.24, 2.45) is 0 Å². The van der Waals surface area contributed by atoms with E-state index in [0.29, 0.717) is 12.2 Å². The summed E-state index contributed by atoms with van der Waals surface area (Å²) in [7, 11) is 1.79. The molecule has 0 saturated carbocycles. The highest BCUT2D eigenvalue weighted by Crippen LogP contribution is 2.23. The molecule has 0 unspecified atom stereocenters. The van der Waals surface area contributed by atoms with Crippen LogP contribution in [0.3, 0.4) is 0 Å². The molecule has 1 aromatic heterocycles. The predicted molar refractivity (Wildman–Crippen MR) is 84.3 cm³/mol. The zero-order chi connectivity index (χ0) is 14.9. The average Bonchev–Trinajstić information content (AvgIpc) is 2.81. The van der Waals surface area contributed by atoms with Crippen LogP contribution in [0.5, 0.6) is 0 Å². The lowest BCUT2D eigenvalue weighted by molar-refractivity contribution is 0.0983. The molecule has 1 aromatic carbocycles. The number of amides is 1. The number of rotatable bonds is 3. The van der Waals surface area contributed by atoms with Gasteiger partial charge in [0.05, 0.1) is 5.69 Å². The Morgan fingerprint density at radius 3 is 2.65 bits per heavy atom. The van der Waals surface area contributed by atoms with Crippen LogP contribution in [0.15, 0.2) is 28.7 Å². The Hall–Kier alpha value is -1.62. The molecule has 1 heterocycles. The maximum Gasteiger partial charge on any atom is 0.276 e. The van der Waals surface area contributed by atoms with Crippen LogP contribution in [-0.4, -0.2) is 22.7 Å². The van der Waals surface area contributed by atoms with Crippen molar-refractivity contribution in [2.45, 2.75) is 27.3 Å². The molecule has 0 saturated heterocycles. The molecule has 20 heavy (non-hydrogen) atoms. The maximum atomic E-state index is 12.6. The van der Waals surface area contributed by atoms with E-state index in [4.69, 9.17) is 0 Å². The number of hydrogen-bond donors (Lipinski definition) is 0. The van der Waals surface area contributed by atoms with E-state index in [2.05, 4.69) is 21.0 Å². The average molecular weight is 336 g/mol. The molecule has 5 heteroatoms. The highest BCUT2D eigenvalue weighted by atomic mass is 79.9. The molecule has 0 atom stereocenters. The van der Waals surface area contributed by atoms with Crippen LogP contribution in [0.2, 0.25) is 0 Å². The normalized spacial score (nSPS) is 10.7. The summed E-state index contributed by atoms with van der Waals surface area (Å²) in [5.74, 6) is -0.0471. The van der Waals surface area contributed by atoms with Gasteiger partial charge in [-0.2, -0.15) is 5.10 Å². The van der Waals surface area contributed by atoms with E-state index in [-0.39, 0.29) is 5.91 Å². The molecule has 0 fully saturated rings. The van der Waals surface area contributed by atoms with Crippen LogP contribution in [0.25, 0.3) is 0 Å². The van der Waals surface area contributed by atoms with Crippen LogP contribution in [0.4, 0.5) is 5.69 Å². The van der Waals surface area contributed by atoms with E-state index < -0.39 is 0 Å². The first-order valence-electron chi connectivity index (χ1n) is 6.52. The fraction of sp³-hybridized carbons (Fsp3) is 0.333. The number of nitrogens with zero attached hydrogens (tertiary/aromatic N) is 3. The van der Waals surface area contributed by atoms with E-state index in [1.807, 2.05) is 45.0 Å². The lowest BCUT2D eigenvalue weighted by Crippen LogP contribution is -2.28. The number of carbonyl (C=O) groups excluding carboxylic acids is 1. The van der Waals surface area contributed by atoms with Crippen molar-refractivity contribution < 1.29 is 4.79 Å². The zero-order valence-corrected chi connectivity index (χ0v) is 13.7. The first kappa shape index (κ1) is 14.8. The maximum absolute atomic E-state index is 12.6. The van der Waals surface area contributed by atoms with Crippen LogP contribution >= 0.6 is 15.9 Å². The Kier molecular flexibility index (Phi) is 4.28. The summed E-state index contributed by atoms with van der Waals surface area (Å²) in [6.07, 6.45) is 0. The summed E-state index contributed by atoms with van der Waals surface area (Å²) in [6.45, 7) is 6.56. The van der Waals surface area contributed by atoms with E-state index in [9.17, 15) is 4.79 Å². The highest BCUT2D eigenvalue weighted by molar-refractivity contribution is 9.10. The molecular weight excluding hydrogens is 318 g/mol. The van der Waals surface area contributed by atoms with Crippen molar-refractivity contribution >= 4 is 27.5 Å². The van der Waals surface area contributed by atoms with Crippen LogP contribution in [-0.2, 0) is 6.54 Å². The van der Waals surface area contributed by atoms with E-state index in [0.717, 1.165) is 21.4 Å². The summed E-state index contributed by atoms with van der Waals surface area (Å²) >= 11 is 3.47. The topological polar surface area (TPSA) is 38.1 Å². The fourth-order valence-electron chi connectivity index (χ4n) is 2.09. The SMILES string of the molecule is CCn1nc(C)cc1C(=O)N(C)c1ccc(Br)c(C)c1. The molecule has 0 spiro atoms. The molecule has 0 aliphatic carbocycles. The number of carbonyl (C=O) groups is 1. The lowest BCUT2D eigenvalue weighted by atomic mass is 10.2. The monoisotopic (exact) mass is 335 g/mol. The quantitative estimate of drug-likeness (QED) is 0.860. The molecule has 106 valence electrons. The van der Waals surface area contributed by atoms with Gasteiger partial charge in [0.2, 0.25) is 0 Å². The third-order valence-corrected chi connectivity index (χ3v) is 4.14. The van der Waals surface area contributed by atoms with E-state index >= 15 is 0 Å². The summed E-state index contributed by atoms with van der Waals surface area (Å²) in [5, 5.41) is 4.32. The van der Waals surface area contributed by atoms with Gasteiger partial charge in [-0.25, -0.2) is 0 Å². The minimum atomic E-state index is -0.0471. The summed E-state index contributed by atoms with van der Waals surface area (Å²) < 4.78 is 2.77. The van der Waals surface area contributed by atoms with E-state index in [1.165, 1.54) is 0 Å². The molecule has 0 radical (unpaired) electrons. The molecule has 2 rings (SSSR count). The second kappa shape index (κ2) is 5.79. The van der Waals surface area contributed by atoms with Crippen LogP contribution in [0.1, 0.15) is 28.7 Å². The minimum Gasteiger partial charge on any atom is -0.310 e. The van der Waals surface area contributed by atoms with Gasteiger partial charge in [0.1, 0.15) is 5.69 Å². The summed E-state index contributed by atoms with van der Waals surface area (Å²) in [5.41, 5.74) is 3.45. The molecule has 0 bridgehead atoms. The Morgan fingerprint density at radius 1 is 1.35 bits per heavy atom. The Balaban J connectivity index is 2.34. The number of aryl methyl sites for hydroxylation is 3. The zero-order valence-electron chi connectivity index (χ0n) is 12.1. The van der Waals surface area contributed by atoms with Gasteiger partial charge in [-0.3, -0.25) is 9.48 Å². The predicted octanol–water partition coefficient (Wildman–Crippen LogP) is 3.56. The summed E-state index contributed by atoms with van der Waals surface area (Å²) in [4.78, 5) is 14.2. The van der Waals surface area contributed by atoms with Gasteiger partial charge in [-0.1, -0.05) is 15.9 Å². The first-order chi connectivity index (χ1) is 9.43. The largest absolute Gasteiger partial charge is 0.310 e. The molecule has 4 nitrogen and oxygen atoms in total. The van der Waals surface area contributed by atoms with Crippen molar-refractivity contribution in [3.05, 3.63) is 45.7 Å². The standard InChI is InChI=1S/C15H18BrN3O/c1-5-19-14(9-11(3)17-19)15(20)18(4)12-6-7-13(16)10(2)8-12/h6-9H,5H2,1-4H3. The first-order valence-corrected chi connectivity index (χ1v) is 7.32. The van der Waals surface area contributed by atoms with Crippen molar-refractivity contribution in [3.8, 4) is 0 Å². The molecule has 1 amide bonds. The number of hydrogen-bond acceptors (Lipinski definition) is 2. The molecular formula is C15H18BrN3O. The third-order valence-electron chi connectivity index (χ3n) is 3.25. The Bertz CT molecular complexity index is 649. The van der Waals surface area contributed by atoms with Crippen molar-refractivity contribution in [1.29, 1.82) is 0 Å². The van der Waals surface area contributed by atoms with Gasteiger partial charge < -0.3 is 4.90 Å². The summed E-state index contributed by atoms with van der Waals surface area (Å²) in [6, 6.07) is 7.70. The lowest BCUT2D eigenvalue weighted by Gasteiger charge is -2.18. The molecule has 0 aliphatic heterocycles. The van der Waals surface area contributed by atoms with Crippen LogP contribution < -0.4 is 4.90 Å².